The smallest absolute Gasteiger partial charge is 0.311 e. The number of carbonyl (C=O) groups excluding carboxylic acids is 1. The summed E-state index contributed by atoms with van der Waals surface area (Å²) in [6.45, 7) is 1.30. The third kappa shape index (κ3) is 5.01. The Bertz CT molecular complexity index is 109. The summed E-state index contributed by atoms with van der Waals surface area (Å²) in [5, 5.41) is 0. The fraction of sp³-hybridized carbons (Fsp3) is 0.857. The molecule has 11 heavy (non-hydrogen) atoms. The summed E-state index contributed by atoms with van der Waals surface area (Å²) in [6.07, 6.45) is 1.38. The first-order chi connectivity index (χ1) is 4.76. The number of hydrogen-bond donors (Lipinski definition) is 0. The second kappa shape index (κ2) is 7.79. The zero-order chi connectivity index (χ0) is 7.98. The largest absolute Gasteiger partial charge is 0.469 e. The Kier molecular flexibility index (Phi) is 9.42. The van der Waals surface area contributed by atoms with Gasteiger partial charge in [0.25, 0.3) is 0 Å². The zero-order valence-corrected chi connectivity index (χ0v) is 7.62. The van der Waals surface area contributed by atoms with Crippen molar-refractivity contribution in [3.63, 3.8) is 0 Å². The van der Waals surface area contributed by atoms with Gasteiger partial charge in [-0.1, -0.05) is 13.3 Å². The van der Waals surface area contributed by atoms with Crippen molar-refractivity contribution < 1.29 is 13.9 Å². The molecule has 0 saturated carbocycles. The van der Waals surface area contributed by atoms with Gasteiger partial charge in [0.1, 0.15) is 6.67 Å². The lowest BCUT2D eigenvalue weighted by atomic mass is 10.1. The standard InChI is InChI=1S/C7H13FO2.ClH/c1-3-4-6(5-8)7(9)10-2;/h6H,3-5H2,1-2H3;1H. The topological polar surface area (TPSA) is 26.3 Å². The summed E-state index contributed by atoms with van der Waals surface area (Å²) in [7, 11) is 1.28. The van der Waals surface area contributed by atoms with E-state index < -0.39 is 18.6 Å². The molecule has 4 heteroatoms. The molecule has 0 fully saturated rings. The van der Waals surface area contributed by atoms with Crippen molar-refractivity contribution >= 4 is 18.4 Å². The molecule has 2 nitrogen and oxygen atoms in total. The molecule has 0 N–H and O–H groups in total. The molecule has 0 aromatic rings. The third-order valence-electron chi connectivity index (χ3n) is 1.36. The van der Waals surface area contributed by atoms with Crippen molar-refractivity contribution in [2.75, 3.05) is 13.8 Å². The molecule has 0 spiro atoms. The zero-order valence-electron chi connectivity index (χ0n) is 6.80. The maximum absolute atomic E-state index is 12.0. The van der Waals surface area contributed by atoms with E-state index in [-0.39, 0.29) is 12.4 Å². The summed E-state index contributed by atoms with van der Waals surface area (Å²) in [6, 6.07) is 0. The lowest BCUT2D eigenvalue weighted by Gasteiger charge is -2.07. The van der Waals surface area contributed by atoms with E-state index in [1.54, 1.807) is 0 Å². The van der Waals surface area contributed by atoms with Crippen LogP contribution in [0.15, 0.2) is 0 Å². The monoisotopic (exact) mass is 184 g/mol. The predicted molar refractivity (Wildman–Crippen MR) is 43.6 cm³/mol. The molecule has 0 aromatic heterocycles. The second-order valence-corrected chi connectivity index (χ2v) is 2.16. The third-order valence-corrected chi connectivity index (χ3v) is 1.36. The van der Waals surface area contributed by atoms with Crippen LogP contribution < -0.4 is 0 Å². The molecular formula is C7H14ClFO2. The highest BCUT2D eigenvalue weighted by atomic mass is 35.5. The van der Waals surface area contributed by atoms with Gasteiger partial charge in [-0.15, -0.1) is 12.4 Å². The molecule has 0 aliphatic rings. The first kappa shape index (κ1) is 13.3. The van der Waals surface area contributed by atoms with Crippen LogP contribution in [0, 0.1) is 5.92 Å². The molecule has 0 saturated heterocycles. The van der Waals surface area contributed by atoms with E-state index in [2.05, 4.69) is 4.74 Å². The molecule has 0 radical (unpaired) electrons. The van der Waals surface area contributed by atoms with E-state index in [1.165, 1.54) is 7.11 Å². The van der Waals surface area contributed by atoms with Gasteiger partial charge in [-0.2, -0.15) is 0 Å². The average molecular weight is 185 g/mol. The molecule has 0 aliphatic carbocycles. The number of ether oxygens (including phenoxy) is 1. The Morgan fingerprint density at radius 2 is 2.18 bits per heavy atom. The number of esters is 1. The summed E-state index contributed by atoms with van der Waals surface area (Å²) >= 11 is 0. The molecule has 0 rings (SSSR count). The quantitative estimate of drug-likeness (QED) is 0.625. The number of carbonyl (C=O) groups is 1. The molecule has 68 valence electrons. The van der Waals surface area contributed by atoms with Gasteiger partial charge in [0.15, 0.2) is 0 Å². The van der Waals surface area contributed by atoms with Gasteiger partial charge in [0, 0.05) is 0 Å². The van der Waals surface area contributed by atoms with Crippen LogP contribution in [-0.2, 0) is 9.53 Å². The minimum Gasteiger partial charge on any atom is -0.469 e. The van der Waals surface area contributed by atoms with Crippen LogP contribution in [0.2, 0.25) is 0 Å². The van der Waals surface area contributed by atoms with Crippen LogP contribution in [0.1, 0.15) is 19.8 Å². The van der Waals surface area contributed by atoms with Crippen molar-refractivity contribution in [1.29, 1.82) is 0 Å². The normalized spacial score (nSPS) is 11.5. The first-order valence-electron chi connectivity index (χ1n) is 3.40. The van der Waals surface area contributed by atoms with Gasteiger partial charge in [-0.3, -0.25) is 9.18 Å². The highest BCUT2D eigenvalue weighted by molar-refractivity contribution is 5.85. The molecule has 0 heterocycles. The van der Waals surface area contributed by atoms with Crippen molar-refractivity contribution in [3.8, 4) is 0 Å². The van der Waals surface area contributed by atoms with Crippen molar-refractivity contribution in [1.82, 2.24) is 0 Å². The fourth-order valence-corrected chi connectivity index (χ4v) is 0.773. The molecule has 1 atom stereocenters. The van der Waals surface area contributed by atoms with Crippen molar-refractivity contribution in [2.45, 2.75) is 19.8 Å². The van der Waals surface area contributed by atoms with E-state index in [9.17, 15) is 9.18 Å². The highest BCUT2D eigenvalue weighted by Gasteiger charge is 2.16. The van der Waals surface area contributed by atoms with Gasteiger partial charge in [-0.05, 0) is 6.42 Å². The van der Waals surface area contributed by atoms with Crippen LogP contribution in [0.5, 0.6) is 0 Å². The van der Waals surface area contributed by atoms with Crippen molar-refractivity contribution in [2.24, 2.45) is 5.92 Å². The average Bonchev–Trinajstić information content (AvgIpc) is 1.99. The maximum Gasteiger partial charge on any atom is 0.311 e. The van der Waals surface area contributed by atoms with Gasteiger partial charge >= 0.3 is 5.97 Å². The van der Waals surface area contributed by atoms with Gasteiger partial charge in [-0.25, -0.2) is 0 Å². The Balaban J connectivity index is 0. The molecule has 0 aliphatic heterocycles. The Labute approximate surface area is 72.5 Å². The van der Waals surface area contributed by atoms with Crippen LogP contribution in [0.3, 0.4) is 0 Å². The minimum absolute atomic E-state index is 0. The molecule has 1 unspecified atom stereocenters. The lowest BCUT2D eigenvalue weighted by molar-refractivity contribution is -0.146. The van der Waals surface area contributed by atoms with E-state index >= 15 is 0 Å². The summed E-state index contributed by atoms with van der Waals surface area (Å²) < 4.78 is 16.4. The van der Waals surface area contributed by atoms with Crippen molar-refractivity contribution in [3.05, 3.63) is 0 Å². The first-order valence-corrected chi connectivity index (χ1v) is 3.40. The van der Waals surface area contributed by atoms with Crippen LogP contribution >= 0.6 is 12.4 Å². The van der Waals surface area contributed by atoms with E-state index in [1.807, 2.05) is 6.92 Å². The summed E-state index contributed by atoms with van der Waals surface area (Å²) in [5.74, 6) is -0.987. The van der Waals surface area contributed by atoms with Crippen LogP contribution in [0.25, 0.3) is 0 Å². The predicted octanol–water partition coefficient (Wildman–Crippen LogP) is 1.97. The van der Waals surface area contributed by atoms with Gasteiger partial charge < -0.3 is 4.74 Å². The molecule has 0 bridgehead atoms. The maximum atomic E-state index is 12.0. The SMILES string of the molecule is CCCC(CF)C(=O)OC.Cl. The molecular weight excluding hydrogens is 171 g/mol. The van der Waals surface area contributed by atoms with Gasteiger partial charge in [0.2, 0.25) is 0 Å². The Morgan fingerprint density at radius 1 is 1.64 bits per heavy atom. The minimum atomic E-state index is -0.611. The summed E-state index contributed by atoms with van der Waals surface area (Å²) in [5.41, 5.74) is 0. The number of methoxy groups -OCH3 is 1. The van der Waals surface area contributed by atoms with E-state index in [0.29, 0.717) is 6.42 Å². The second-order valence-electron chi connectivity index (χ2n) is 2.16. The summed E-state index contributed by atoms with van der Waals surface area (Å²) in [4.78, 5) is 10.7. The lowest BCUT2D eigenvalue weighted by Crippen LogP contribution is -2.17. The Hall–Kier alpha value is -0.310. The van der Waals surface area contributed by atoms with E-state index in [4.69, 9.17) is 0 Å². The van der Waals surface area contributed by atoms with Gasteiger partial charge in [0.05, 0.1) is 13.0 Å². The van der Waals surface area contributed by atoms with Crippen LogP contribution in [0.4, 0.5) is 4.39 Å². The number of alkyl halides is 1. The van der Waals surface area contributed by atoms with E-state index in [0.717, 1.165) is 6.42 Å². The van der Waals surface area contributed by atoms with Crippen LogP contribution in [-0.4, -0.2) is 19.8 Å². The molecule has 0 amide bonds. The number of halogens is 2. The number of rotatable bonds is 4. The fourth-order valence-electron chi connectivity index (χ4n) is 0.773. The Morgan fingerprint density at radius 3 is 2.45 bits per heavy atom. The molecule has 0 aromatic carbocycles. The number of hydrogen-bond acceptors (Lipinski definition) is 2. The highest BCUT2D eigenvalue weighted by Crippen LogP contribution is 2.08.